The van der Waals surface area contributed by atoms with Gasteiger partial charge in [0.2, 0.25) is 0 Å². The maximum absolute atomic E-state index is 12.3. The molecule has 5 N–H and O–H groups in total. The number of H-pyrrole nitrogens is 1. The second-order valence-corrected chi connectivity index (χ2v) is 6.51. The zero-order valence-corrected chi connectivity index (χ0v) is 11.7. The van der Waals surface area contributed by atoms with Gasteiger partial charge in [-0.2, -0.15) is 4.72 Å². The molecule has 1 aromatic rings. The second-order valence-electron chi connectivity index (χ2n) is 4.86. The molecule has 0 bridgehead atoms. The summed E-state index contributed by atoms with van der Waals surface area (Å²) in [4.78, 5) is 6.74. The molecular weight excluding hydrogens is 266 g/mol. The van der Waals surface area contributed by atoms with E-state index in [1.54, 1.807) is 0 Å². The summed E-state index contributed by atoms with van der Waals surface area (Å²) in [6.45, 7) is 1.89. The number of aryl methyl sites for hydroxylation is 1. The van der Waals surface area contributed by atoms with E-state index in [0.717, 1.165) is 12.8 Å². The summed E-state index contributed by atoms with van der Waals surface area (Å²) in [5, 5.41) is 7.67. The predicted molar refractivity (Wildman–Crippen MR) is 71.4 cm³/mol. The number of nitrogens with zero attached hydrogens (tertiary/aromatic N) is 1. The van der Waals surface area contributed by atoms with Crippen LogP contribution in [-0.2, 0) is 16.4 Å². The molecule has 0 aromatic carbocycles. The minimum absolute atomic E-state index is 0.0249. The Labute approximate surface area is 112 Å². The highest BCUT2D eigenvalue weighted by molar-refractivity contribution is 7.89. The van der Waals surface area contributed by atoms with Gasteiger partial charge in [0.15, 0.2) is 5.03 Å². The third kappa shape index (κ3) is 2.64. The molecule has 106 valence electrons. The molecule has 1 fully saturated rings. The Morgan fingerprint density at radius 2 is 2.21 bits per heavy atom. The van der Waals surface area contributed by atoms with Crippen molar-refractivity contribution in [2.75, 3.05) is 0 Å². The Morgan fingerprint density at radius 1 is 1.58 bits per heavy atom. The van der Waals surface area contributed by atoms with E-state index in [4.69, 9.17) is 11.1 Å². The Morgan fingerprint density at radius 3 is 2.68 bits per heavy atom. The van der Waals surface area contributed by atoms with E-state index in [2.05, 4.69) is 14.7 Å². The van der Waals surface area contributed by atoms with Crippen molar-refractivity contribution in [2.24, 2.45) is 5.73 Å². The van der Waals surface area contributed by atoms with Crippen molar-refractivity contribution in [3.05, 3.63) is 12.0 Å². The van der Waals surface area contributed by atoms with Gasteiger partial charge in [0, 0.05) is 6.42 Å². The van der Waals surface area contributed by atoms with Crippen molar-refractivity contribution in [3.8, 4) is 0 Å². The number of hydrogen-bond acceptors (Lipinski definition) is 4. The fourth-order valence-electron chi connectivity index (χ4n) is 2.38. The lowest BCUT2D eigenvalue weighted by Gasteiger charge is -2.28. The SMILES string of the molecule is CCc1ncc(S(=O)(=O)NC2(C(=N)N)CCCC2)[nH]1. The van der Waals surface area contributed by atoms with E-state index in [1.165, 1.54) is 6.20 Å². The number of sulfonamides is 1. The number of nitrogens with one attached hydrogen (secondary N) is 3. The highest BCUT2D eigenvalue weighted by atomic mass is 32.2. The Kier molecular flexibility index (Phi) is 3.64. The van der Waals surface area contributed by atoms with E-state index < -0.39 is 15.6 Å². The van der Waals surface area contributed by atoms with Crippen LogP contribution in [-0.4, -0.2) is 29.8 Å². The summed E-state index contributed by atoms with van der Waals surface area (Å²) in [5.41, 5.74) is 4.65. The van der Waals surface area contributed by atoms with Crippen molar-refractivity contribution in [1.82, 2.24) is 14.7 Å². The van der Waals surface area contributed by atoms with Gasteiger partial charge in [-0.15, -0.1) is 0 Å². The molecule has 0 spiro atoms. The van der Waals surface area contributed by atoms with Crippen LogP contribution in [0.25, 0.3) is 0 Å². The fourth-order valence-corrected chi connectivity index (χ4v) is 3.76. The van der Waals surface area contributed by atoms with Gasteiger partial charge in [-0.25, -0.2) is 13.4 Å². The van der Waals surface area contributed by atoms with Gasteiger partial charge in [-0.1, -0.05) is 19.8 Å². The molecule has 7 nitrogen and oxygen atoms in total. The molecule has 1 aromatic heterocycles. The van der Waals surface area contributed by atoms with E-state index in [1.807, 2.05) is 6.92 Å². The van der Waals surface area contributed by atoms with Crippen LogP contribution < -0.4 is 10.5 Å². The molecule has 0 radical (unpaired) electrons. The number of hydrogen-bond donors (Lipinski definition) is 4. The standard InChI is InChI=1S/C11H19N5O2S/c1-2-8-14-7-9(15-8)19(17,18)16-11(10(12)13)5-3-4-6-11/h7,16H,2-6H2,1H3,(H3,12,13)(H,14,15). The van der Waals surface area contributed by atoms with Crippen LogP contribution in [0.3, 0.4) is 0 Å². The molecule has 1 aliphatic rings. The van der Waals surface area contributed by atoms with Gasteiger partial charge in [0.1, 0.15) is 11.7 Å². The van der Waals surface area contributed by atoms with Crippen LogP contribution in [0, 0.1) is 5.41 Å². The number of nitrogens with two attached hydrogens (primary N) is 1. The van der Waals surface area contributed by atoms with Gasteiger partial charge in [-0.05, 0) is 12.8 Å². The average Bonchev–Trinajstić information content (AvgIpc) is 2.96. The molecule has 2 rings (SSSR count). The lowest BCUT2D eigenvalue weighted by molar-refractivity contribution is 0.494. The second kappa shape index (κ2) is 4.93. The van der Waals surface area contributed by atoms with E-state index >= 15 is 0 Å². The van der Waals surface area contributed by atoms with Crippen molar-refractivity contribution in [2.45, 2.75) is 49.6 Å². The third-order valence-electron chi connectivity index (χ3n) is 3.53. The highest BCUT2D eigenvalue weighted by Gasteiger charge is 2.41. The summed E-state index contributed by atoms with van der Waals surface area (Å²) in [6, 6.07) is 0. The summed E-state index contributed by atoms with van der Waals surface area (Å²) in [6.07, 6.45) is 4.79. The van der Waals surface area contributed by atoms with Crippen LogP contribution in [0.15, 0.2) is 11.2 Å². The van der Waals surface area contributed by atoms with Crippen molar-refractivity contribution in [1.29, 1.82) is 5.41 Å². The van der Waals surface area contributed by atoms with Crippen molar-refractivity contribution < 1.29 is 8.42 Å². The quantitative estimate of drug-likeness (QED) is 0.464. The molecule has 0 atom stereocenters. The zero-order valence-electron chi connectivity index (χ0n) is 10.9. The van der Waals surface area contributed by atoms with Gasteiger partial charge in [0.25, 0.3) is 10.0 Å². The highest BCUT2D eigenvalue weighted by Crippen LogP contribution is 2.31. The lowest BCUT2D eigenvalue weighted by Crippen LogP contribution is -2.55. The largest absolute Gasteiger partial charge is 0.386 e. The first-order valence-electron chi connectivity index (χ1n) is 6.32. The molecule has 0 aliphatic heterocycles. The van der Waals surface area contributed by atoms with E-state index in [-0.39, 0.29) is 10.9 Å². The van der Waals surface area contributed by atoms with Gasteiger partial charge < -0.3 is 10.7 Å². The number of rotatable bonds is 5. The number of aromatic amines is 1. The number of amidine groups is 1. The first-order valence-corrected chi connectivity index (χ1v) is 7.80. The minimum atomic E-state index is -3.73. The Hall–Kier alpha value is -1.41. The number of imidazole rings is 1. The smallest absolute Gasteiger partial charge is 0.258 e. The zero-order chi connectivity index (χ0) is 14.1. The molecule has 1 aliphatic carbocycles. The van der Waals surface area contributed by atoms with Crippen molar-refractivity contribution >= 4 is 15.9 Å². The van der Waals surface area contributed by atoms with Crippen LogP contribution in [0.5, 0.6) is 0 Å². The van der Waals surface area contributed by atoms with Crippen LogP contribution in [0.4, 0.5) is 0 Å². The normalized spacial score (nSPS) is 18.6. The molecule has 0 amide bonds. The predicted octanol–water partition coefficient (Wildman–Crippen LogP) is 0.499. The fraction of sp³-hybridized carbons (Fsp3) is 0.636. The van der Waals surface area contributed by atoms with E-state index in [0.29, 0.717) is 25.1 Å². The topological polar surface area (TPSA) is 125 Å². The van der Waals surface area contributed by atoms with Gasteiger partial charge in [0.05, 0.1) is 11.7 Å². The summed E-state index contributed by atoms with van der Waals surface area (Å²) >= 11 is 0. The molecular formula is C11H19N5O2S. The number of aromatic nitrogens is 2. The van der Waals surface area contributed by atoms with Crippen molar-refractivity contribution in [3.63, 3.8) is 0 Å². The van der Waals surface area contributed by atoms with Crippen LogP contribution in [0.1, 0.15) is 38.4 Å². The molecule has 0 unspecified atom stereocenters. The molecule has 8 heteroatoms. The van der Waals surface area contributed by atoms with Gasteiger partial charge >= 0.3 is 0 Å². The maximum Gasteiger partial charge on any atom is 0.258 e. The average molecular weight is 285 g/mol. The minimum Gasteiger partial charge on any atom is -0.386 e. The van der Waals surface area contributed by atoms with Crippen LogP contribution in [0.2, 0.25) is 0 Å². The maximum atomic E-state index is 12.3. The molecule has 1 saturated carbocycles. The Balaban J connectivity index is 2.27. The first-order chi connectivity index (χ1) is 8.89. The molecule has 19 heavy (non-hydrogen) atoms. The Bertz CT molecular complexity index is 572. The molecule has 0 saturated heterocycles. The summed E-state index contributed by atoms with van der Waals surface area (Å²) in [5.74, 6) is 0.493. The summed E-state index contributed by atoms with van der Waals surface area (Å²) < 4.78 is 27.2. The van der Waals surface area contributed by atoms with Crippen LogP contribution >= 0.6 is 0 Å². The summed E-state index contributed by atoms with van der Waals surface area (Å²) in [7, 11) is -3.73. The lowest BCUT2D eigenvalue weighted by atomic mass is 9.98. The first kappa shape index (κ1) is 14.0. The monoisotopic (exact) mass is 285 g/mol. The third-order valence-corrected chi connectivity index (χ3v) is 4.98. The van der Waals surface area contributed by atoms with E-state index in [9.17, 15) is 8.42 Å². The van der Waals surface area contributed by atoms with Gasteiger partial charge in [-0.3, -0.25) is 5.41 Å². The molecule has 1 heterocycles.